The summed E-state index contributed by atoms with van der Waals surface area (Å²) in [4.78, 5) is 12.7. The highest BCUT2D eigenvalue weighted by atomic mass is 28.3. The Labute approximate surface area is 144 Å². The van der Waals surface area contributed by atoms with E-state index in [1.54, 1.807) is 0 Å². The average Bonchev–Trinajstić information content (AvgIpc) is 3.07. The Morgan fingerprint density at radius 2 is 2.00 bits per heavy atom. The summed E-state index contributed by atoms with van der Waals surface area (Å²) < 4.78 is 6.31. The van der Waals surface area contributed by atoms with Gasteiger partial charge in [0.2, 0.25) is 0 Å². The number of ether oxygens (including phenoxy) is 1. The van der Waals surface area contributed by atoms with Gasteiger partial charge in [-0.15, -0.1) is 5.54 Å². The Hall–Kier alpha value is -1.93. The third kappa shape index (κ3) is 3.76. The maximum absolute atomic E-state index is 11.2. The van der Waals surface area contributed by atoms with Crippen molar-refractivity contribution in [3.05, 3.63) is 29.8 Å². The van der Waals surface area contributed by atoms with Crippen LogP contribution in [0.25, 0.3) is 0 Å². The highest BCUT2D eigenvalue weighted by Gasteiger charge is 2.45. The summed E-state index contributed by atoms with van der Waals surface area (Å²) >= 11 is 0. The summed E-state index contributed by atoms with van der Waals surface area (Å²) in [5.74, 6) is 4.87. The van der Waals surface area contributed by atoms with Gasteiger partial charge in [-0.3, -0.25) is 0 Å². The van der Waals surface area contributed by atoms with Gasteiger partial charge in [-0.1, -0.05) is 37.7 Å². The van der Waals surface area contributed by atoms with Crippen LogP contribution in [-0.2, 0) is 0 Å². The summed E-state index contributed by atoms with van der Waals surface area (Å²) in [5, 5.41) is 9.21. The van der Waals surface area contributed by atoms with E-state index < -0.39 is 14.2 Å². The second kappa shape index (κ2) is 6.52. The third-order valence-corrected chi connectivity index (χ3v) is 5.67. The predicted molar refractivity (Wildman–Crippen MR) is 96.9 cm³/mol. The van der Waals surface area contributed by atoms with Crippen molar-refractivity contribution in [2.45, 2.75) is 38.6 Å². The maximum atomic E-state index is 11.2. The van der Waals surface area contributed by atoms with Gasteiger partial charge in [0.25, 0.3) is 0 Å². The zero-order chi connectivity index (χ0) is 17.3. The van der Waals surface area contributed by atoms with E-state index in [1.807, 2.05) is 24.3 Å². The number of fused-ring (bicyclic) bond motifs is 1. The van der Waals surface area contributed by atoms with Gasteiger partial charge in [0, 0.05) is 19.0 Å². The van der Waals surface area contributed by atoms with Gasteiger partial charge in [0.1, 0.15) is 19.9 Å². The zero-order valence-electron chi connectivity index (χ0n) is 14.6. The molecule has 1 heterocycles. The lowest BCUT2D eigenvalue weighted by atomic mass is 9.99. The summed E-state index contributed by atoms with van der Waals surface area (Å²) in [7, 11) is -1.44. The fourth-order valence-electron chi connectivity index (χ4n) is 3.61. The minimum atomic E-state index is -1.44. The molecule has 3 atom stereocenters. The Balaban J connectivity index is 1.75. The van der Waals surface area contributed by atoms with Crippen LogP contribution in [0.15, 0.2) is 24.3 Å². The first-order valence-electron chi connectivity index (χ1n) is 8.60. The second-order valence-electron chi connectivity index (χ2n) is 7.84. The predicted octanol–water partition coefficient (Wildman–Crippen LogP) is 3.68. The molecule has 0 spiro atoms. The van der Waals surface area contributed by atoms with Crippen LogP contribution in [0.1, 0.15) is 18.4 Å². The molecule has 3 unspecified atom stereocenters. The van der Waals surface area contributed by atoms with Crippen molar-refractivity contribution in [2.75, 3.05) is 13.1 Å². The standard InChI is InChI=1S/C19H25NO3Si/c1-24(2,3)11-10-14-6-4-5-7-17(14)23-18-9-8-15-12-20(19(21)22)13-16(15)18/h4-7,15-16,18H,8-9,12-13H2,1-3H3,(H,21,22). The smallest absolute Gasteiger partial charge is 0.407 e. The molecule has 1 aliphatic carbocycles. The van der Waals surface area contributed by atoms with Crippen molar-refractivity contribution in [1.29, 1.82) is 0 Å². The SMILES string of the molecule is C[Si](C)(C)C#Cc1ccccc1OC1CCC2CN(C(=O)O)CC21. The molecule has 1 N–H and O–H groups in total. The minimum Gasteiger partial charge on any atom is -0.489 e. The molecule has 24 heavy (non-hydrogen) atoms. The first-order valence-corrected chi connectivity index (χ1v) is 12.1. The van der Waals surface area contributed by atoms with Gasteiger partial charge in [-0.25, -0.2) is 4.79 Å². The molecule has 3 rings (SSSR count). The molecule has 128 valence electrons. The third-order valence-electron chi connectivity index (χ3n) is 4.80. The van der Waals surface area contributed by atoms with Crippen LogP contribution in [0.3, 0.4) is 0 Å². The number of nitrogens with zero attached hydrogens (tertiary/aromatic N) is 1. The number of hydrogen-bond acceptors (Lipinski definition) is 2. The first kappa shape index (κ1) is 16.9. The molecule has 2 fully saturated rings. The van der Waals surface area contributed by atoms with Crippen molar-refractivity contribution in [2.24, 2.45) is 11.8 Å². The molecule has 1 saturated heterocycles. The van der Waals surface area contributed by atoms with Crippen molar-refractivity contribution < 1.29 is 14.6 Å². The number of para-hydroxylation sites is 1. The van der Waals surface area contributed by atoms with Crippen LogP contribution in [0.4, 0.5) is 4.79 Å². The first-order chi connectivity index (χ1) is 11.3. The molecule has 0 bridgehead atoms. The fourth-order valence-corrected chi connectivity index (χ4v) is 4.12. The van der Waals surface area contributed by atoms with E-state index in [4.69, 9.17) is 4.74 Å². The molecule has 1 aromatic rings. The Kier molecular flexibility index (Phi) is 4.59. The molecule has 0 radical (unpaired) electrons. The van der Waals surface area contributed by atoms with Crippen LogP contribution in [0, 0.1) is 23.3 Å². The topological polar surface area (TPSA) is 49.8 Å². The van der Waals surface area contributed by atoms with Gasteiger partial charge in [0.15, 0.2) is 0 Å². The van der Waals surface area contributed by atoms with E-state index in [2.05, 4.69) is 31.1 Å². The van der Waals surface area contributed by atoms with Crippen LogP contribution in [-0.4, -0.2) is 43.4 Å². The minimum absolute atomic E-state index is 0.0918. The van der Waals surface area contributed by atoms with E-state index in [9.17, 15) is 9.90 Å². The van der Waals surface area contributed by atoms with Crippen LogP contribution >= 0.6 is 0 Å². The molecule has 1 saturated carbocycles. The number of rotatable bonds is 2. The molecule has 1 amide bonds. The summed E-state index contributed by atoms with van der Waals surface area (Å²) in [6.07, 6.45) is 1.32. The van der Waals surface area contributed by atoms with Crippen LogP contribution in [0.5, 0.6) is 5.75 Å². The molecular weight excluding hydrogens is 318 g/mol. The Morgan fingerprint density at radius 1 is 1.25 bits per heavy atom. The van der Waals surface area contributed by atoms with Gasteiger partial charge in [0.05, 0.1) is 5.56 Å². The zero-order valence-corrected chi connectivity index (χ0v) is 15.6. The van der Waals surface area contributed by atoms with Crippen LogP contribution in [0.2, 0.25) is 19.6 Å². The van der Waals surface area contributed by atoms with E-state index in [1.165, 1.54) is 4.90 Å². The van der Waals surface area contributed by atoms with E-state index in [0.29, 0.717) is 24.9 Å². The summed E-state index contributed by atoms with van der Waals surface area (Å²) in [6.45, 7) is 7.92. The molecule has 5 heteroatoms. The number of carboxylic acid groups (broad SMARTS) is 1. The average molecular weight is 343 g/mol. The highest BCUT2D eigenvalue weighted by molar-refractivity contribution is 6.83. The largest absolute Gasteiger partial charge is 0.489 e. The van der Waals surface area contributed by atoms with Gasteiger partial charge >= 0.3 is 6.09 Å². The lowest BCUT2D eigenvalue weighted by molar-refractivity contribution is 0.133. The Morgan fingerprint density at radius 3 is 2.71 bits per heavy atom. The van der Waals surface area contributed by atoms with E-state index in [-0.39, 0.29) is 6.10 Å². The lowest BCUT2D eigenvalue weighted by Gasteiger charge is -2.21. The van der Waals surface area contributed by atoms with E-state index >= 15 is 0 Å². The lowest BCUT2D eigenvalue weighted by Crippen LogP contribution is -2.31. The maximum Gasteiger partial charge on any atom is 0.407 e. The molecule has 1 aromatic carbocycles. The monoisotopic (exact) mass is 343 g/mol. The molecule has 0 aromatic heterocycles. The van der Waals surface area contributed by atoms with Crippen LogP contribution < -0.4 is 4.74 Å². The number of likely N-dealkylation sites (tertiary alicyclic amines) is 1. The normalized spacial score (nSPS) is 25.8. The molecule has 1 aliphatic heterocycles. The second-order valence-corrected chi connectivity index (χ2v) is 12.6. The highest BCUT2D eigenvalue weighted by Crippen LogP contribution is 2.40. The van der Waals surface area contributed by atoms with Gasteiger partial charge < -0.3 is 14.7 Å². The summed E-state index contributed by atoms with van der Waals surface area (Å²) in [6, 6.07) is 7.94. The van der Waals surface area contributed by atoms with Crippen molar-refractivity contribution in [3.8, 4) is 17.2 Å². The van der Waals surface area contributed by atoms with Crippen molar-refractivity contribution in [3.63, 3.8) is 0 Å². The van der Waals surface area contributed by atoms with Gasteiger partial charge in [-0.05, 0) is 30.9 Å². The number of benzene rings is 1. The fraction of sp³-hybridized carbons (Fsp3) is 0.526. The Bertz CT molecular complexity index is 686. The molecule has 4 nitrogen and oxygen atoms in total. The quantitative estimate of drug-likeness (QED) is 0.658. The number of hydrogen-bond donors (Lipinski definition) is 1. The van der Waals surface area contributed by atoms with Crippen molar-refractivity contribution >= 4 is 14.2 Å². The number of carbonyl (C=O) groups is 1. The summed E-state index contributed by atoms with van der Waals surface area (Å²) in [5.41, 5.74) is 4.34. The molecular formula is C19H25NO3Si. The number of amides is 1. The van der Waals surface area contributed by atoms with Gasteiger partial charge in [-0.2, -0.15) is 0 Å². The molecule has 2 aliphatic rings. The van der Waals surface area contributed by atoms with E-state index in [0.717, 1.165) is 24.2 Å². The van der Waals surface area contributed by atoms with Crippen molar-refractivity contribution in [1.82, 2.24) is 4.90 Å².